The summed E-state index contributed by atoms with van der Waals surface area (Å²) in [6, 6.07) is 13.5. The zero-order valence-corrected chi connectivity index (χ0v) is 13.0. The Labute approximate surface area is 142 Å². The summed E-state index contributed by atoms with van der Waals surface area (Å²) in [5.74, 6) is -0.0942. The monoisotopic (exact) mass is 339 g/mol. The number of hydrogen-bond acceptors (Lipinski definition) is 6. The Morgan fingerprint density at radius 3 is 2.76 bits per heavy atom. The highest BCUT2D eigenvalue weighted by Crippen LogP contribution is 2.40. The maximum Gasteiger partial charge on any atom is 0.337 e. The molecular formula is C18H13NO6. The Morgan fingerprint density at radius 2 is 2.00 bits per heavy atom. The molecule has 0 bridgehead atoms. The van der Waals surface area contributed by atoms with Gasteiger partial charge >= 0.3 is 5.97 Å². The molecule has 4 rings (SSSR count). The highest BCUT2D eigenvalue weighted by Gasteiger charge is 2.49. The van der Waals surface area contributed by atoms with Gasteiger partial charge in [0.05, 0.1) is 10.5 Å². The number of nitro groups is 1. The van der Waals surface area contributed by atoms with Crippen LogP contribution in [0.5, 0.6) is 5.75 Å². The van der Waals surface area contributed by atoms with Crippen molar-refractivity contribution in [2.24, 2.45) is 0 Å². The van der Waals surface area contributed by atoms with Crippen LogP contribution in [-0.4, -0.2) is 23.3 Å². The summed E-state index contributed by atoms with van der Waals surface area (Å²) in [5.41, 5.74) is 1.54. The van der Waals surface area contributed by atoms with Crippen molar-refractivity contribution in [3.05, 3.63) is 75.3 Å². The number of fused-ring (bicyclic) bond motifs is 2. The van der Waals surface area contributed by atoms with E-state index in [9.17, 15) is 14.9 Å². The van der Waals surface area contributed by atoms with Crippen molar-refractivity contribution in [1.29, 1.82) is 0 Å². The van der Waals surface area contributed by atoms with Crippen molar-refractivity contribution in [1.82, 2.24) is 0 Å². The highest BCUT2D eigenvalue weighted by molar-refractivity contribution is 5.96. The van der Waals surface area contributed by atoms with Gasteiger partial charge in [0.25, 0.3) is 5.69 Å². The molecular weight excluding hydrogens is 326 g/mol. The van der Waals surface area contributed by atoms with Gasteiger partial charge in [-0.15, -0.1) is 0 Å². The van der Waals surface area contributed by atoms with Crippen molar-refractivity contribution < 1.29 is 23.9 Å². The minimum atomic E-state index is -0.571. The van der Waals surface area contributed by atoms with Crippen LogP contribution in [0, 0.1) is 10.1 Å². The number of nitrogens with zero attached hydrogens (tertiary/aromatic N) is 1. The van der Waals surface area contributed by atoms with Crippen molar-refractivity contribution in [3.63, 3.8) is 0 Å². The zero-order chi connectivity index (χ0) is 17.4. The van der Waals surface area contributed by atoms with Crippen LogP contribution in [0.3, 0.4) is 0 Å². The van der Waals surface area contributed by atoms with E-state index in [-0.39, 0.29) is 12.3 Å². The fourth-order valence-electron chi connectivity index (χ4n) is 2.63. The maximum atomic E-state index is 12.4. The smallest absolute Gasteiger partial charge is 0.337 e. The Morgan fingerprint density at radius 1 is 1.20 bits per heavy atom. The van der Waals surface area contributed by atoms with Crippen LogP contribution in [0.15, 0.2) is 54.1 Å². The van der Waals surface area contributed by atoms with Crippen LogP contribution in [0.1, 0.15) is 11.1 Å². The SMILES string of the molecule is O=C(OCc1ccccc1)C1=Cc2cc([N+](=O)[O-])ccc2OC2OC12. The van der Waals surface area contributed by atoms with E-state index in [2.05, 4.69) is 0 Å². The predicted molar refractivity (Wildman–Crippen MR) is 86.6 cm³/mol. The molecule has 126 valence electrons. The summed E-state index contributed by atoms with van der Waals surface area (Å²) < 4.78 is 16.3. The van der Waals surface area contributed by atoms with E-state index in [1.54, 1.807) is 0 Å². The van der Waals surface area contributed by atoms with Gasteiger partial charge in [-0.3, -0.25) is 10.1 Å². The second-order valence-electron chi connectivity index (χ2n) is 5.68. The molecule has 7 nitrogen and oxygen atoms in total. The number of non-ortho nitro benzene ring substituents is 1. The van der Waals surface area contributed by atoms with Gasteiger partial charge in [0.2, 0.25) is 6.29 Å². The molecule has 2 atom stereocenters. The van der Waals surface area contributed by atoms with E-state index < -0.39 is 23.3 Å². The molecule has 0 aromatic heterocycles. The topological polar surface area (TPSA) is 91.2 Å². The van der Waals surface area contributed by atoms with Crippen LogP contribution in [-0.2, 0) is 20.9 Å². The second kappa shape index (κ2) is 6.03. The van der Waals surface area contributed by atoms with Crippen LogP contribution >= 0.6 is 0 Å². The molecule has 2 aliphatic rings. The Hall–Kier alpha value is -3.19. The highest BCUT2D eigenvalue weighted by atomic mass is 16.8. The van der Waals surface area contributed by atoms with Gasteiger partial charge in [-0.25, -0.2) is 4.79 Å². The third-order valence-electron chi connectivity index (χ3n) is 3.96. The van der Waals surface area contributed by atoms with Crippen LogP contribution in [0.4, 0.5) is 5.69 Å². The fourth-order valence-corrected chi connectivity index (χ4v) is 2.63. The number of carbonyl (C=O) groups is 1. The van der Waals surface area contributed by atoms with Gasteiger partial charge in [-0.1, -0.05) is 30.3 Å². The zero-order valence-electron chi connectivity index (χ0n) is 13.0. The van der Waals surface area contributed by atoms with Crippen LogP contribution < -0.4 is 4.74 Å². The molecule has 1 fully saturated rings. The van der Waals surface area contributed by atoms with E-state index in [4.69, 9.17) is 14.2 Å². The van der Waals surface area contributed by atoms with Crippen LogP contribution in [0.2, 0.25) is 0 Å². The lowest BCUT2D eigenvalue weighted by Gasteiger charge is -2.07. The number of esters is 1. The number of epoxide rings is 1. The molecule has 2 aromatic rings. The van der Waals surface area contributed by atoms with E-state index >= 15 is 0 Å². The molecule has 2 heterocycles. The normalized spacial score (nSPS) is 20.2. The first-order valence-electron chi connectivity index (χ1n) is 7.65. The Balaban J connectivity index is 1.58. The molecule has 0 aliphatic carbocycles. The number of carbonyl (C=O) groups excluding carboxylic acids is 1. The van der Waals surface area contributed by atoms with Crippen molar-refractivity contribution in [2.45, 2.75) is 19.0 Å². The lowest BCUT2D eigenvalue weighted by Crippen LogP contribution is -2.14. The largest absolute Gasteiger partial charge is 0.461 e. The van der Waals surface area contributed by atoms with Gasteiger partial charge in [-0.05, 0) is 17.7 Å². The minimum Gasteiger partial charge on any atom is -0.461 e. The third kappa shape index (κ3) is 3.09. The van der Waals surface area contributed by atoms with E-state index in [0.717, 1.165) is 5.56 Å². The molecule has 0 spiro atoms. The van der Waals surface area contributed by atoms with E-state index in [1.165, 1.54) is 24.3 Å². The molecule has 0 radical (unpaired) electrons. The lowest BCUT2D eigenvalue weighted by atomic mass is 10.1. The molecule has 2 unspecified atom stereocenters. The van der Waals surface area contributed by atoms with Crippen LogP contribution in [0.25, 0.3) is 6.08 Å². The molecule has 2 aliphatic heterocycles. The summed E-state index contributed by atoms with van der Waals surface area (Å²) in [6.07, 6.45) is 0.445. The molecule has 1 saturated heterocycles. The average Bonchev–Trinajstić information content (AvgIpc) is 3.38. The molecule has 0 N–H and O–H groups in total. The second-order valence-corrected chi connectivity index (χ2v) is 5.68. The Kier molecular flexibility index (Phi) is 3.70. The van der Waals surface area contributed by atoms with Gasteiger partial charge in [0.1, 0.15) is 12.4 Å². The fraction of sp³-hybridized carbons (Fsp3) is 0.167. The first-order valence-corrected chi connectivity index (χ1v) is 7.65. The number of hydrogen-bond donors (Lipinski definition) is 0. The summed E-state index contributed by atoms with van der Waals surface area (Å²) in [7, 11) is 0. The van der Waals surface area contributed by atoms with Gasteiger partial charge in [0, 0.05) is 17.7 Å². The first kappa shape index (κ1) is 15.3. The van der Waals surface area contributed by atoms with Crippen molar-refractivity contribution in [3.8, 4) is 5.75 Å². The number of ether oxygens (including phenoxy) is 3. The molecule has 0 amide bonds. The standard InChI is InChI=1S/C18H13NO6/c20-17(23-10-11-4-2-1-3-5-11)14-9-12-8-13(19(21)22)6-7-15(12)24-18-16(14)25-18/h1-9,16,18H,10H2. The lowest BCUT2D eigenvalue weighted by molar-refractivity contribution is -0.384. The van der Waals surface area contributed by atoms with Gasteiger partial charge in [-0.2, -0.15) is 0 Å². The summed E-state index contributed by atoms with van der Waals surface area (Å²) in [5, 5.41) is 10.9. The minimum absolute atomic E-state index is 0.0768. The number of nitro benzene ring substituents is 1. The summed E-state index contributed by atoms with van der Waals surface area (Å²) in [6.45, 7) is 0.136. The Bertz CT molecular complexity index is 876. The number of rotatable bonds is 4. The molecule has 7 heteroatoms. The molecule has 2 aromatic carbocycles. The van der Waals surface area contributed by atoms with Crippen molar-refractivity contribution >= 4 is 17.7 Å². The predicted octanol–water partition coefficient (Wildman–Crippen LogP) is 2.84. The van der Waals surface area contributed by atoms with Crippen molar-refractivity contribution in [2.75, 3.05) is 0 Å². The van der Waals surface area contributed by atoms with Gasteiger partial charge in [0.15, 0.2) is 6.10 Å². The summed E-state index contributed by atoms with van der Waals surface area (Å²) in [4.78, 5) is 22.9. The van der Waals surface area contributed by atoms with E-state index in [0.29, 0.717) is 16.9 Å². The van der Waals surface area contributed by atoms with Gasteiger partial charge < -0.3 is 14.2 Å². The first-order chi connectivity index (χ1) is 12.1. The average molecular weight is 339 g/mol. The number of benzene rings is 2. The third-order valence-corrected chi connectivity index (χ3v) is 3.96. The summed E-state index contributed by atoms with van der Waals surface area (Å²) >= 11 is 0. The maximum absolute atomic E-state index is 12.4. The molecule has 25 heavy (non-hydrogen) atoms. The quantitative estimate of drug-likeness (QED) is 0.368. The molecule has 0 saturated carbocycles. The van der Waals surface area contributed by atoms with E-state index in [1.807, 2.05) is 30.3 Å².